The number of aliphatic hydroxyl groups is 1. The summed E-state index contributed by atoms with van der Waals surface area (Å²) in [7, 11) is 0. The Balaban J connectivity index is 1.29. The van der Waals surface area contributed by atoms with Gasteiger partial charge in [0.2, 0.25) is 5.13 Å². The van der Waals surface area contributed by atoms with Crippen molar-refractivity contribution >= 4 is 45.7 Å². The molecule has 226 valence electrons. The number of anilines is 1. The van der Waals surface area contributed by atoms with Gasteiger partial charge in [-0.1, -0.05) is 113 Å². The van der Waals surface area contributed by atoms with Gasteiger partial charge in [-0.15, -0.1) is 10.2 Å². The Morgan fingerprint density at radius 1 is 0.844 bits per heavy atom. The van der Waals surface area contributed by atoms with Gasteiger partial charge < -0.3 is 9.84 Å². The molecule has 2 heterocycles. The van der Waals surface area contributed by atoms with Crippen LogP contribution in [0.4, 0.5) is 5.13 Å². The molecule has 0 saturated carbocycles. The predicted molar refractivity (Wildman–Crippen MR) is 179 cm³/mol. The molecule has 1 N–H and O–H groups in total. The van der Waals surface area contributed by atoms with Crippen LogP contribution in [-0.4, -0.2) is 27.0 Å². The maximum absolute atomic E-state index is 13.6. The molecule has 1 saturated heterocycles. The average Bonchev–Trinajstić information content (AvgIpc) is 3.62. The molecule has 0 aliphatic carbocycles. The van der Waals surface area contributed by atoms with Gasteiger partial charge in [0.05, 0.1) is 11.6 Å². The van der Waals surface area contributed by atoms with Crippen molar-refractivity contribution < 1.29 is 19.4 Å². The van der Waals surface area contributed by atoms with Crippen LogP contribution in [0.25, 0.3) is 5.76 Å². The van der Waals surface area contributed by atoms with E-state index in [0.717, 1.165) is 22.3 Å². The Kier molecular flexibility index (Phi) is 8.82. The maximum Gasteiger partial charge on any atom is 0.301 e. The summed E-state index contributed by atoms with van der Waals surface area (Å²) in [5, 5.41) is 20.4. The van der Waals surface area contributed by atoms with E-state index in [9.17, 15) is 14.7 Å². The molecule has 1 aromatic heterocycles. The lowest BCUT2D eigenvalue weighted by Crippen LogP contribution is -2.29. The molecule has 4 aromatic carbocycles. The molecule has 0 spiro atoms. The van der Waals surface area contributed by atoms with Crippen LogP contribution < -0.4 is 9.64 Å². The number of hydrogen-bond donors (Lipinski definition) is 1. The minimum Gasteiger partial charge on any atom is -0.507 e. The second-order valence-corrected chi connectivity index (χ2v) is 13.2. The predicted octanol–water partition coefficient (Wildman–Crippen LogP) is 7.96. The first-order chi connectivity index (χ1) is 21.8. The number of ether oxygens (including phenoxy) is 1. The van der Waals surface area contributed by atoms with Crippen LogP contribution in [0.15, 0.2) is 107 Å². The van der Waals surface area contributed by atoms with Gasteiger partial charge in [-0.05, 0) is 61.7 Å². The number of Topliss-reactive ketones (excluding diaryl/α,β-unsaturated/α-hetero) is 1. The molecule has 1 aliphatic heterocycles. The van der Waals surface area contributed by atoms with Gasteiger partial charge >= 0.3 is 5.91 Å². The smallest absolute Gasteiger partial charge is 0.301 e. The van der Waals surface area contributed by atoms with Crippen molar-refractivity contribution in [1.82, 2.24) is 10.2 Å². The topological polar surface area (TPSA) is 92.6 Å². The van der Waals surface area contributed by atoms with E-state index >= 15 is 0 Å². The first-order valence-corrected chi connectivity index (χ1v) is 16.3. The van der Waals surface area contributed by atoms with E-state index in [1.54, 1.807) is 24.3 Å². The van der Waals surface area contributed by atoms with Crippen molar-refractivity contribution in [3.05, 3.63) is 142 Å². The van der Waals surface area contributed by atoms with E-state index in [1.807, 2.05) is 63.2 Å². The van der Waals surface area contributed by atoms with Gasteiger partial charge in [0.15, 0.2) is 4.34 Å². The summed E-state index contributed by atoms with van der Waals surface area (Å²) in [5.74, 6) is -0.480. The van der Waals surface area contributed by atoms with Crippen LogP contribution in [0.2, 0.25) is 0 Å². The van der Waals surface area contributed by atoms with Gasteiger partial charge in [0, 0.05) is 11.3 Å². The molecular weight excluding hydrogens is 603 g/mol. The van der Waals surface area contributed by atoms with Gasteiger partial charge in [0.1, 0.15) is 18.1 Å². The van der Waals surface area contributed by atoms with E-state index in [1.165, 1.54) is 33.6 Å². The lowest BCUT2D eigenvalue weighted by Gasteiger charge is -2.22. The highest BCUT2D eigenvalue weighted by Gasteiger charge is 2.48. The van der Waals surface area contributed by atoms with Crippen molar-refractivity contribution in [3.8, 4) is 5.75 Å². The number of ketones is 1. The number of carbonyl (C=O) groups is 2. The first kappa shape index (κ1) is 30.3. The van der Waals surface area contributed by atoms with Gasteiger partial charge in [0.25, 0.3) is 5.78 Å². The minimum absolute atomic E-state index is 0.00124. The summed E-state index contributed by atoms with van der Waals surface area (Å²) in [4.78, 5) is 28.5. The highest BCUT2D eigenvalue weighted by molar-refractivity contribution is 8.00. The molecule has 1 atom stereocenters. The lowest BCUT2D eigenvalue weighted by atomic mass is 9.95. The van der Waals surface area contributed by atoms with Gasteiger partial charge in [-0.3, -0.25) is 14.5 Å². The first-order valence-electron chi connectivity index (χ1n) is 14.4. The van der Waals surface area contributed by atoms with Gasteiger partial charge in [-0.2, -0.15) is 0 Å². The third kappa shape index (κ3) is 6.69. The third-order valence-electron chi connectivity index (χ3n) is 7.54. The molecule has 1 amide bonds. The Morgan fingerprint density at radius 3 is 2.22 bits per heavy atom. The van der Waals surface area contributed by atoms with E-state index in [4.69, 9.17) is 4.74 Å². The molecule has 1 unspecified atom stereocenters. The standard InChI is InChI=1S/C36H31N3O4S2/c1-22-7-11-25(12-8-22)21-44-36-38-37-35(45-36)39-31(27-13-9-23(2)10-14-27)30(33(41)34(39)42)32(40)28-15-17-29(18-16-28)43-20-26-6-4-5-24(3)19-26/h4-19,31,40H,20-21H2,1-3H3. The summed E-state index contributed by atoms with van der Waals surface area (Å²) >= 11 is 2.77. The monoisotopic (exact) mass is 633 g/mol. The fraction of sp³-hybridized carbons (Fsp3) is 0.167. The second-order valence-electron chi connectivity index (χ2n) is 11.0. The number of aryl methyl sites for hydroxylation is 3. The van der Waals surface area contributed by atoms with E-state index in [2.05, 4.69) is 40.5 Å². The van der Waals surface area contributed by atoms with Gasteiger partial charge in [-0.25, -0.2) is 0 Å². The fourth-order valence-corrected chi connectivity index (χ4v) is 6.94. The summed E-state index contributed by atoms with van der Waals surface area (Å²) in [6.07, 6.45) is 0. The van der Waals surface area contributed by atoms with Crippen molar-refractivity contribution in [2.24, 2.45) is 0 Å². The number of hydrogen-bond acceptors (Lipinski definition) is 8. The lowest BCUT2D eigenvalue weighted by molar-refractivity contribution is -0.132. The van der Waals surface area contributed by atoms with Crippen LogP contribution in [0, 0.1) is 20.8 Å². The SMILES string of the molecule is Cc1ccc(CSc2nnc(N3C(=O)C(=O)C(=C(O)c4ccc(OCc5cccc(C)c5)cc4)C3c3ccc(C)cc3)s2)cc1. The van der Waals surface area contributed by atoms with Crippen LogP contribution in [0.5, 0.6) is 5.75 Å². The zero-order chi connectivity index (χ0) is 31.5. The van der Waals surface area contributed by atoms with Crippen molar-refractivity contribution in [2.45, 2.75) is 43.5 Å². The number of benzene rings is 4. The van der Waals surface area contributed by atoms with Crippen LogP contribution in [0.1, 0.15) is 45.0 Å². The molecule has 45 heavy (non-hydrogen) atoms. The number of nitrogens with zero attached hydrogens (tertiary/aromatic N) is 3. The molecule has 0 bridgehead atoms. The molecule has 0 radical (unpaired) electrons. The quantitative estimate of drug-likeness (QED) is 0.0579. The normalized spacial score (nSPS) is 15.9. The zero-order valence-corrected chi connectivity index (χ0v) is 26.7. The molecule has 1 aliphatic rings. The largest absolute Gasteiger partial charge is 0.507 e. The summed E-state index contributed by atoms with van der Waals surface area (Å²) in [6.45, 7) is 6.44. The summed E-state index contributed by atoms with van der Waals surface area (Å²) in [6, 6.07) is 29.9. The number of aromatic nitrogens is 2. The molecule has 7 nitrogen and oxygen atoms in total. The Morgan fingerprint density at radius 2 is 1.53 bits per heavy atom. The van der Waals surface area contributed by atoms with E-state index in [-0.39, 0.29) is 11.3 Å². The Bertz CT molecular complexity index is 1880. The molecular formula is C36H31N3O4S2. The van der Waals surface area contributed by atoms with Crippen LogP contribution in [-0.2, 0) is 21.9 Å². The minimum atomic E-state index is -0.870. The van der Waals surface area contributed by atoms with Crippen LogP contribution in [0.3, 0.4) is 0 Å². The molecule has 9 heteroatoms. The van der Waals surface area contributed by atoms with Crippen molar-refractivity contribution in [1.29, 1.82) is 0 Å². The van der Waals surface area contributed by atoms with E-state index in [0.29, 0.717) is 38.7 Å². The third-order valence-corrected chi connectivity index (χ3v) is 9.67. The molecule has 6 rings (SSSR count). The molecule has 1 fully saturated rings. The summed E-state index contributed by atoms with van der Waals surface area (Å²) < 4.78 is 6.61. The number of thioether (sulfide) groups is 1. The van der Waals surface area contributed by atoms with Crippen LogP contribution >= 0.6 is 23.1 Å². The van der Waals surface area contributed by atoms with E-state index < -0.39 is 17.7 Å². The Labute approximate surface area is 270 Å². The zero-order valence-electron chi connectivity index (χ0n) is 25.1. The second kappa shape index (κ2) is 13.1. The van der Waals surface area contributed by atoms with Crippen molar-refractivity contribution in [3.63, 3.8) is 0 Å². The number of aliphatic hydroxyl groups excluding tert-OH is 1. The fourth-order valence-electron chi connectivity index (χ4n) is 5.11. The number of rotatable bonds is 9. The number of carbonyl (C=O) groups excluding carboxylic acids is 2. The highest BCUT2D eigenvalue weighted by Crippen LogP contribution is 2.44. The Hall–Kier alpha value is -4.73. The highest BCUT2D eigenvalue weighted by atomic mass is 32.2. The number of amides is 1. The van der Waals surface area contributed by atoms with Crippen molar-refractivity contribution in [2.75, 3.05) is 4.90 Å². The summed E-state index contributed by atoms with van der Waals surface area (Å²) in [5.41, 5.74) is 6.66. The average molecular weight is 634 g/mol. The molecule has 5 aromatic rings. The maximum atomic E-state index is 13.6.